The molecule has 0 spiro atoms. The highest BCUT2D eigenvalue weighted by molar-refractivity contribution is 7.99. The largest absolute Gasteiger partial charge is 0.325 e. The lowest BCUT2D eigenvalue weighted by Crippen LogP contribution is -2.14. The summed E-state index contributed by atoms with van der Waals surface area (Å²) in [5.74, 6) is 1.72. The molecule has 0 radical (unpaired) electrons. The van der Waals surface area contributed by atoms with Gasteiger partial charge in [0.1, 0.15) is 5.82 Å². The Kier molecular flexibility index (Phi) is 4.11. The van der Waals surface area contributed by atoms with E-state index < -0.39 is 0 Å². The summed E-state index contributed by atoms with van der Waals surface area (Å²) in [6.07, 6.45) is 2.35. The third-order valence-electron chi connectivity index (χ3n) is 3.44. The Morgan fingerprint density at radius 3 is 2.77 bits per heavy atom. The number of hydrogen-bond acceptors (Lipinski definition) is 5. The van der Waals surface area contributed by atoms with E-state index >= 15 is 0 Å². The highest BCUT2D eigenvalue weighted by Gasteiger charge is 2.29. The maximum atomic E-state index is 12.0. The van der Waals surface area contributed by atoms with Gasteiger partial charge in [0.2, 0.25) is 5.91 Å². The van der Waals surface area contributed by atoms with Crippen LogP contribution in [0.4, 0.5) is 5.69 Å². The minimum atomic E-state index is -0.106. The summed E-state index contributed by atoms with van der Waals surface area (Å²) in [6, 6.07) is 8.82. The quantitative estimate of drug-likeness (QED) is 0.856. The van der Waals surface area contributed by atoms with Crippen molar-refractivity contribution in [3.05, 3.63) is 35.7 Å². The van der Waals surface area contributed by atoms with Gasteiger partial charge in [-0.3, -0.25) is 4.79 Å². The van der Waals surface area contributed by atoms with Gasteiger partial charge in [0.25, 0.3) is 0 Å². The molecule has 2 aromatic rings. The van der Waals surface area contributed by atoms with Crippen molar-refractivity contribution in [1.29, 1.82) is 5.26 Å². The number of anilines is 1. The van der Waals surface area contributed by atoms with E-state index in [0.717, 1.165) is 11.0 Å². The molecule has 0 atom stereocenters. The summed E-state index contributed by atoms with van der Waals surface area (Å²) in [5, 5.41) is 20.6. The van der Waals surface area contributed by atoms with Gasteiger partial charge in [0, 0.05) is 18.7 Å². The first kappa shape index (κ1) is 14.6. The van der Waals surface area contributed by atoms with Gasteiger partial charge in [-0.2, -0.15) is 5.26 Å². The van der Waals surface area contributed by atoms with Crippen LogP contribution in [0.25, 0.3) is 0 Å². The Morgan fingerprint density at radius 2 is 2.14 bits per heavy atom. The number of amides is 1. The summed E-state index contributed by atoms with van der Waals surface area (Å²) < 4.78 is 1.97. The lowest BCUT2D eigenvalue weighted by atomic mass is 10.2. The van der Waals surface area contributed by atoms with Crippen LogP contribution in [0.15, 0.2) is 29.4 Å². The number of nitriles is 1. The average Bonchev–Trinajstić information content (AvgIpc) is 3.30. The summed E-state index contributed by atoms with van der Waals surface area (Å²) in [5.41, 5.74) is 1.25. The molecule has 1 aromatic carbocycles. The lowest BCUT2D eigenvalue weighted by molar-refractivity contribution is -0.113. The van der Waals surface area contributed by atoms with Crippen LogP contribution < -0.4 is 5.32 Å². The van der Waals surface area contributed by atoms with Crippen molar-refractivity contribution in [2.24, 2.45) is 7.05 Å². The van der Waals surface area contributed by atoms with Gasteiger partial charge in [-0.25, -0.2) is 0 Å². The van der Waals surface area contributed by atoms with Crippen molar-refractivity contribution in [3.63, 3.8) is 0 Å². The second-order valence-electron chi connectivity index (χ2n) is 5.20. The third kappa shape index (κ3) is 3.28. The normalized spacial score (nSPS) is 13.6. The molecule has 1 aliphatic rings. The van der Waals surface area contributed by atoms with E-state index in [1.54, 1.807) is 24.3 Å². The molecule has 1 fully saturated rings. The lowest BCUT2D eigenvalue weighted by Gasteiger charge is -2.05. The minimum absolute atomic E-state index is 0.106. The van der Waals surface area contributed by atoms with Crippen molar-refractivity contribution in [2.75, 3.05) is 11.1 Å². The second kappa shape index (κ2) is 6.20. The van der Waals surface area contributed by atoms with Gasteiger partial charge in [-0.1, -0.05) is 11.8 Å². The monoisotopic (exact) mass is 313 g/mol. The molecule has 1 aromatic heterocycles. The fourth-order valence-electron chi connectivity index (χ4n) is 2.10. The molecule has 3 rings (SSSR count). The molecule has 1 saturated carbocycles. The van der Waals surface area contributed by atoms with Gasteiger partial charge in [0.05, 0.1) is 17.4 Å². The van der Waals surface area contributed by atoms with Crippen molar-refractivity contribution < 1.29 is 4.79 Å². The number of carbonyl (C=O) groups excluding carboxylic acids is 1. The zero-order valence-electron chi connectivity index (χ0n) is 12.1. The molecule has 0 saturated heterocycles. The minimum Gasteiger partial charge on any atom is -0.325 e. The number of nitrogens with zero attached hydrogens (tertiary/aromatic N) is 4. The first-order chi connectivity index (χ1) is 10.7. The van der Waals surface area contributed by atoms with Crippen LogP contribution in [0.1, 0.15) is 30.1 Å². The average molecular weight is 313 g/mol. The van der Waals surface area contributed by atoms with E-state index in [1.165, 1.54) is 24.6 Å². The predicted molar refractivity (Wildman–Crippen MR) is 83.5 cm³/mol. The SMILES string of the molecule is Cn1c(SCC(=O)Nc2ccc(C#N)cc2)nnc1C1CC1. The smallest absolute Gasteiger partial charge is 0.234 e. The van der Waals surface area contributed by atoms with E-state index in [2.05, 4.69) is 15.5 Å². The predicted octanol–water partition coefficient (Wildman–Crippen LogP) is 2.29. The van der Waals surface area contributed by atoms with Crippen LogP contribution >= 0.6 is 11.8 Å². The molecule has 7 heteroatoms. The van der Waals surface area contributed by atoms with E-state index in [9.17, 15) is 4.79 Å². The number of benzene rings is 1. The Balaban J connectivity index is 1.54. The zero-order valence-corrected chi connectivity index (χ0v) is 12.9. The first-order valence-corrected chi connectivity index (χ1v) is 7.98. The van der Waals surface area contributed by atoms with E-state index in [4.69, 9.17) is 5.26 Å². The second-order valence-corrected chi connectivity index (χ2v) is 6.14. The van der Waals surface area contributed by atoms with Gasteiger partial charge in [0.15, 0.2) is 5.16 Å². The molecule has 1 amide bonds. The molecular weight excluding hydrogens is 298 g/mol. The summed E-state index contributed by atoms with van der Waals surface area (Å²) >= 11 is 1.37. The number of carbonyl (C=O) groups is 1. The number of rotatable bonds is 5. The number of hydrogen-bond donors (Lipinski definition) is 1. The molecule has 0 aliphatic heterocycles. The highest BCUT2D eigenvalue weighted by Crippen LogP contribution is 2.39. The zero-order chi connectivity index (χ0) is 15.5. The highest BCUT2D eigenvalue weighted by atomic mass is 32.2. The maximum Gasteiger partial charge on any atom is 0.234 e. The standard InChI is InChI=1S/C15H15N5OS/c1-20-14(11-4-5-11)18-19-15(20)22-9-13(21)17-12-6-2-10(8-16)3-7-12/h2-3,6-7,11H,4-5,9H2,1H3,(H,17,21). The number of nitrogens with one attached hydrogen (secondary N) is 1. The Bertz CT molecular complexity index is 727. The summed E-state index contributed by atoms with van der Waals surface area (Å²) in [4.78, 5) is 12.0. The number of aromatic nitrogens is 3. The Labute approximate surface area is 132 Å². The van der Waals surface area contributed by atoms with Crippen molar-refractivity contribution in [3.8, 4) is 6.07 Å². The molecule has 1 N–H and O–H groups in total. The van der Waals surface area contributed by atoms with Crippen LogP contribution in [0.5, 0.6) is 0 Å². The molecule has 112 valence electrons. The molecule has 0 unspecified atom stereocenters. The summed E-state index contributed by atoms with van der Waals surface area (Å²) in [6.45, 7) is 0. The first-order valence-electron chi connectivity index (χ1n) is 6.99. The van der Waals surface area contributed by atoms with Gasteiger partial charge >= 0.3 is 0 Å². The summed E-state index contributed by atoms with van der Waals surface area (Å²) in [7, 11) is 1.94. The van der Waals surface area contributed by atoms with Crippen LogP contribution in [-0.4, -0.2) is 26.4 Å². The van der Waals surface area contributed by atoms with Crippen molar-refractivity contribution in [2.45, 2.75) is 23.9 Å². The Morgan fingerprint density at radius 1 is 1.41 bits per heavy atom. The van der Waals surface area contributed by atoms with Gasteiger partial charge < -0.3 is 9.88 Å². The van der Waals surface area contributed by atoms with Crippen molar-refractivity contribution in [1.82, 2.24) is 14.8 Å². The van der Waals surface area contributed by atoms with Crippen LogP contribution in [0.2, 0.25) is 0 Å². The molecule has 22 heavy (non-hydrogen) atoms. The Hall–Kier alpha value is -2.33. The van der Waals surface area contributed by atoms with E-state index in [-0.39, 0.29) is 11.7 Å². The van der Waals surface area contributed by atoms with E-state index in [0.29, 0.717) is 17.2 Å². The molecule has 0 bridgehead atoms. The fraction of sp³-hybridized carbons (Fsp3) is 0.333. The van der Waals surface area contributed by atoms with E-state index in [1.807, 2.05) is 17.7 Å². The van der Waals surface area contributed by atoms with Gasteiger partial charge in [-0.05, 0) is 37.1 Å². The van der Waals surface area contributed by atoms with Crippen LogP contribution in [0, 0.1) is 11.3 Å². The molecule has 1 aliphatic carbocycles. The molecule has 1 heterocycles. The van der Waals surface area contributed by atoms with Gasteiger partial charge in [-0.15, -0.1) is 10.2 Å². The van der Waals surface area contributed by atoms with Crippen molar-refractivity contribution >= 4 is 23.4 Å². The molecular formula is C15H15N5OS. The molecule has 6 nitrogen and oxygen atoms in total. The number of thioether (sulfide) groups is 1. The topological polar surface area (TPSA) is 83.6 Å². The van der Waals surface area contributed by atoms with Crippen LogP contribution in [0.3, 0.4) is 0 Å². The third-order valence-corrected chi connectivity index (χ3v) is 4.46. The fourth-order valence-corrected chi connectivity index (χ4v) is 2.82. The maximum absolute atomic E-state index is 12.0. The van der Waals surface area contributed by atoms with Crippen LogP contribution in [-0.2, 0) is 11.8 Å².